The summed E-state index contributed by atoms with van der Waals surface area (Å²) in [6.45, 7) is 5.87. The van der Waals surface area contributed by atoms with Crippen molar-refractivity contribution in [3.63, 3.8) is 0 Å². The molecule has 1 aromatic carbocycles. The van der Waals surface area contributed by atoms with Gasteiger partial charge in [0.2, 0.25) is 0 Å². The fourth-order valence-electron chi connectivity index (χ4n) is 3.58. The molecule has 0 aliphatic heterocycles. The molecule has 0 saturated carbocycles. The molecule has 0 radical (unpaired) electrons. The molecule has 0 bridgehead atoms. The summed E-state index contributed by atoms with van der Waals surface area (Å²) in [6.07, 6.45) is 3.66. The van der Waals surface area contributed by atoms with Crippen LogP contribution in [0, 0.1) is 20.8 Å². The summed E-state index contributed by atoms with van der Waals surface area (Å²) in [5, 5.41) is 7.19. The predicted molar refractivity (Wildman–Crippen MR) is 113 cm³/mol. The lowest BCUT2D eigenvalue weighted by Gasteiger charge is -2.13. The number of nitrogens with zero attached hydrogens (tertiary/aromatic N) is 1. The summed E-state index contributed by atoms with van der Waals surface area (Å²) in [6, 6.07) is 8.98. The number of furan rings is 2. The van der Waals surface area contributed by atoms with Crippen molar-refractivity contribution < 1.29 is 18.4 Å². The second kappa shape index (κ2) is 8.02. The number of fused-ring (bicyclic) bond motifs is 1. The first-order chi connectivity index (χ1) is 14.4. The highest BCUT2D eigenvalue weighted by Crippen LogP contribution is 2.30. The van der Waals surface area contributed by atoms with Crippen LogP contribution in [-0.2, 0) is 6.42 Å². The third-order valence-corrected chi connectivity index (χ3v) is 5.33. The number of amides is 2. The molecule has 2 heterocycles. The molecule has 30 heavy (non-hydrogen) atoms. The molecule has 154 valence electrons. The number of hydrogen-bond acceptors (Lipinski definition) is 5. The van der Waals surface area contributed by atoms with E-state index in [0.717, 1.165) is 46.5 Å². The highest BCUT2D eigenvalue weighted by molar-refractivity contribution is 6.09. The third-order valence-electron chi connectivity index (χ3n) is 5.33. The largest absolute Gasteiger partial charge is 0.459 e. The van der Waals surface area contributed by atoms with Gasteiger partial charge in [-0.05, 0) is 69.0 Å². The Morgan fingerprint density at radius 1 is 1.03 bits per heavy atom. The van der Waals surface area contributed by atoms with Crippen molar-refractivity contribution in [2.24, 2.45) is 5.10 Å². The molecule has 3 aromatic rings. The highest BCUT2D eigenvalue weighted by atomic mass is 16.4. The summed E-state index contributed by atoms with van der Waals surface area (Å²) in [5.74, 6) is 0.450. The van der Waals surface area contributed by atoms with E-state index < -0.39 is 5.91 Å². The zero-order valence-electron chi connectivity index (χ0n) is 17.2. The Kier molecular flexibility index (Phi) is 5.27. The van der Waals surface area contributed by atoms with Crippen LogP contribution < -0.4 is 10.7 Å². The topological polar surface area (TPSA) is 96.8 Å². The average molecular weight is 405 g/mol. The molecule has 0 unspecified atom stereocenters. The highest BCUT2D eigenvalue weighted by Gasteiger charge is 2.28. The number of hydrogen-bond donors (Lipinski definition) is 2. The monoisotopic (exact) mass is 405 g/mol. The van der Waals surface area contributed by atoms with Crippen LogP contribution >= 0.6 is 0 Å². The van der Waals surface area contributed by atoms with Gasteiger partial charge in [0.05, 0.1) is 12.0 Å². The van der Waals surface area contributed by atoms with E-state index in [2.05, 4.69) is 15.8 Å². The van der Waals surface area contributed by atoms with Crippen molar-refractivity contribution in [2.45, 2.75) is 40.0 Å². The van der Waals surface area contributed by atoms with Crippen molar-refractivity contribution in [3.8, 4) is 0 Å². The lowest BCUT2D eigenvalue weighted by molar-refractivity contribution is 0.0926. The van der Waals surface area contributed by atoms with Crippen LogP contribution in [0.3, 0.4) is 0 Å². The molecule has 0 spiro atoms. The fraction of sp³-hybridized carbons (Fsp3) is 0.261. The van der Waals surface area contributed by atoms with Crippen LogP contribution in [0.5, 0.6) is 0 Å². The van der Waals surface area contributed by atoms with E-state index in [1.54, 1.807) is 12.1 Å². The Bertz CT molecular complexity index is 1140. The number of hydrazone groups is 1. The molecule has 0 fully saturated rings. The summed E-state index contributed by atoms with van der Waals surface area (Å²) in [7, 11) is 0. The maximum atomic E-state index is 12.9. The van der Waals surface area contributed by atoms with Gasteiger partial charge in [-0.15, -0.1) is 0 Å². The van der Waals surface area contributed by atoms with Gasteiger partial charge in [0, 0.05) is 23.2 Å². The first-order valence-electron chi connectivity index (χ1n) is 9.85. The molecule has 2 aromatic heterocycles. The van der Waals surface area contributed by atoms with E-state index in [4.69, 9.17) is 8.83 Å². The molecule has 2 N–H and O–H groups in total. The fourth-order valence-corrected chi connectivity index (χ4v) is 3.58. The van der Waals surface area contributed by atoms with Crippen LogP contribution in [-0.4, -0.2) is 17.5 Å². The zero-order valence-corrected chi connectivity index (χ0v) is 17.2. The number of rotatable bonds is 4. The number of nitrogens with one attached hydrogen (secondary N) is 2. The van der Waals surface area contributed by atoms with Crippen LogP contribution in [0.1, 0.15) is 62.0 Å². The van der Waals surface area contributed by atoms with Gasteiger partial charge in [0.25, 0.3) is 5.91 Å². The van der Waals surface area contributed by atoms with Gasteiger partial charge in [-0.2, -0.15) is 5.10 Å². The normalized spacial score (nSPS) is 14.4. The van der Waals surface area contributed by atoms with Crippen LogP contribution in [0.25, 0.3) is 0 Å². The lowest BCUT2D eigenvalue weighted by atomic mass is 9.93. The average Bonchev–Trinajstić information content (AvgIpc) is 3.38. The zero-order chi connectivity index (χ0) is 21.3. The first-order valence-corrected chi connectivity index (χ1v) is 9.85. The number of carbonyl (C=O) groups excluding carboxylic acids is 2. The van der Waals surface area contributed by atoms with E-state index in [1.165, 1.54) is 6.26 Å². The predicted octanol–water partition coefficient (Wildman–Crippen LogP) is 4.52. The minimum atomic E-state index is -0.423. The lowest BCUT2D eigenvalue weighted by Crippen LogP contribution is -2.21. The van der Waals surface area contributed by atoms with E-state index in [-0.39, 0.29) is 17.4 Å². The Hall–Kier alpha value is -3.61. The van der Waals surface area contributed by atoms with Crippen molar-refractivity contribution in [3.05, 3.63) is 76.1 Å². The molecule has 2 amide bonds. The maximum Gasteiger partial charge on any atom is 0.307 e. The summed E-state index contributed by atoms with van der Waals surface area (Å²) < 4.78 is 11.0. The summed E-state index contributed by atoms with van der Waals surface area (Å²) in [4.78, 5) is 25.0. The van der Waals surface area contributed by atoms with Crippen LogP contribution in [0.2, 0.25) is 0 Å². The standard InChI is InChI=1S/C23H23N3O4/c1-13-9-10-16(12-14(13)2)24-23(28)21-15(3)20-17(6-4-7-18(20)30-21)25-26-22(27)19-8-5-11-29-19/h5,8-12H,4,6-7H2,1-3H3,(H,24,28)(H,26,27)/b25-17+. The molecule has 0 saturated heterocycles. The van der Waals surface area contributed by atoms with Gasteiger partial charge in [-0.1, -0.05) is 6.07 Å². The Morgan fingerprint density at radius 3 is 2.60 bits per heavy atom. The van der Waals surface area contributed by atoms with Crippen molar-refractivity contribution in [1.82, 2.24) is 5.43 Å². The number of benzene rings is 1. The SMILES string of the molecule is Cc1ccc(NC(=O)c2oc3c(c2C)/C(=N/NC(=O)c2ccco2)CCC3)cc1C. The Morgan fingerprint density at radius 2 is 1.87 bits per heavy atom. The minimum Gasteiger partial charge on any atom is -0.459 e. The van der Waals surface area contributed by atoms with Crippen LogP contribution in [0.4, 0.5) is 5.69 Å². The molecule has 1 aliphatic rings. The second-order valence-electron chi connectivity index (χ2n) is 7.44. The van der Waals surface area contributed by atoms with Gasteiger partial charge in [-0.25, -0.2) is 5.43 Å². The molecule has 7 nitrogen and oxygen atoms in total. The Labute approximate surface area is 174 Å². The van der Waals surface area contributed by atoms with E-state index in [1.807, 2.05) is 39.0 Å². The summed E-state index contributed by atoms with van der Waals surface area (Å²) >= 11 is 0. The number of aryl methyl sites for hydroxylation is 3. The molecular formula is C23H23N3O4. The van der Waals surface area contributed by atoms with E-state index in [0.29, 0.717) is 12.1 Å². The van der Waals surface area contributed by atoms with Crippen molar-refractivity contribution >= 4 is 23.2 Å². The van der Waals surface area contributed by atoms with Gasteiger partial charge in [0.15, 0.2) is 11.5 Å². The molecule has 4 rings (SSSR count). The summed E-state index contributed by atoms with van der Waals surface area (Å²) in [5.41, 5.74) is 7.72. The van der Waals surface area contributed by atoms with Crippen LogP contribution in [0.15, 0.2) is 50.5 Å². The second-order valence-corrected chi connectivity index (χ2v) is 7.44. The van der Waals surface area contributed by atoms with E-state index in [9.17, 15) is 9.59 Å². The quantitative estimate of drug-likeness (QED) is 0.624. The van der Waals surface area contributed by atoms with Crippen molar-refractivity contribution in [1.29, 1.82) is 0 Å². The molecule has 1 aliphatic carbocycles. The van der Waals surface area contributed by atoms with Gasteiger partial charge in [-0.3, -0.25) is 9.59 Å². The van der Waals surface area contributed by atoms with Gasteiger partial charge >= 0.3 is 5.91 Å². The van der Waals surface area contributed by atoms with Crippen molar-refractivity contribution in [2.75, 3.05) is 5.32 Å². The minimum absolute atomic E-state index is 0.188. The first kappa shape index (κ1) is 19.7. The third kappa shape index (κ3) is 3.78. The molecular weight excluding hydrogens is 382 g/mol. The smallest absolute Gasteiger partial charge is 0.307 e. The van der Waals surface area contributed by atoms with Gasteiger partial charge < -0.3 is 14.2 Å². The van der Waals surface area contributed by atoms with Gasteiger partial charge in [0.1, 0.15) is 5.76 Å². The Balaban J connectivity index is 1.57. The molecule has 7 heteroatoms. The van der Waals surface area contributed by atoms with E-state index >= 15 is 0 Å². The molecule has 0 atom stereocenters. The number of anilines is 1. The maximum absolute atomic E-state index is 12.9. The number of carbonyl (C=O) groups is 2.